The predicted molar refractivity (Wildman–Crippen MR) is 138 cm³/mol. The average molecular weight is 433 g/mol. The molecule has 0 aliphatic heterocycles. The molecule has 0 saturated heterocycles. The van der Waals surface area contributed by atoms with Crippen LogP contribution in [0.1, 0.15) is 45.2 Å². The number of hydrogen-bond acceptors (Lipinski definition) is 0. The molecule has 4 aliphatic carbocycles. The third-order valence-corrected chi connectivity index (χ3v) is 9.78. The summed E-state index contributed by atoms with van der Waals surface area (Å²) in [5, 5.41) is 2.80. The summed E-state index contributed by atoms with van der Waals surface area (Å²) < 4.78 is 0. The molecule has 160 valence electrons. The fourth-order valence-electron chi connectivity index (χ4n) is 8.86. The molecule has 0 nitrogen and oxygen atoms in total. The van der Waals surface area contributed by atoms with Gasteiger partial charge in [-0.3, -0.25) is 0 Å². The van der Waals surface area contributed by atoms with E-state index in [0.717, 1.165) is 0 Å². The molecule has 0 N–H and O–H groups in total. The van der Waals surface area contributed by atoms with Gasteiger partial charge in [0.25, 0.3) is 0 Å². The monoisotopic (exact) mass is 432 g/mol. The standard InChI is InChI=1S/C34H24/c1-4-12-23-20(9-1)17-18-25-24-13-5-7-15-28(24)34(32(23)25)29-16-8-6-14-26(29)31-30-22-11-3-2-10-21(22)19-27(30)33(31)34/h1-18,27,30-31,33H,19H2/t27-,30+,31?,33-,34?/m0/s1. The van der Waals surface area contributed by atoms with E-state index in [0.29, 0.717) is 23.7 Å². The maximum Gasteiger partial charge on any atom is 0.0509 e. The molecular weight excluding hydrogens is 408 g/mol. The third kappa shape index (κ3) is 1.78. The first-order chi connectivity index (χ1) is 16.9. The van der Waals surface area contributed by atoms with E-state index >= 15 is 0 Å². The van der Waals surface area contributed by atoms with Gasteiger partial charge < -0.3 is 0 Å². The Labute approximate surface area is 199 Å². The molecule has 0 heteroatoms. The third-order valence-electron chi connectivity index (χ3n) is 9.78. The Morgan fingerprint density at radius 2 is 1.29 bits per heavy atom. The van der Waals surface area contributed by atoms with Crippen molar-refractivity contribution in [2.45, 2.75) is 23.7 Å². The highest BCUT2D eigenvalue weighted by molar-refractivity contribution is 5.99. The summed E-state index contributed by atoms with van der Waals surface area (Å²) >= 11 is 0. The highest BCUT2D eigenvalue weighted by Gasteiger charge is 2.70. The van der Waals surface area contributed by atoms with Crippen molar-refractivity contribution in [1.82, 2.24) is 0 Å². The second-order valence-electron chi connectivity index (χ2n) is 10.8. The summed E-state index contributed by atoms with van der Waals surface area (Å²) in [5.41, 5.74) is 12.3. The van der Waals surface area contributed by atoms with E-state index in [2.05, 4.69) is 109 Å². The highest BCUT2D eigenvalue weighted by atomic mass is 14.7. The Hall–Kier alpha value is -3.64. The van der Waals surface area contributed by atoms with E-state index in [9.17, 15) is 0 Å². The van der Waals surface area contributed by atoms with Gasteiger partial charge in [0.1, 0.15) is 0 Å². The van der Waals surface area contributed by atoms with Gasteiger partial charge in [-0.25, -0.2) is 0 Å². The fourth-order valence-corrected chi connectivity index (χ4v) is 8.86. The van der Waals surface area contributed by atoms with Crippen LogP contribution in [0.3, 0.4) is 0 Å². The molecule has 5 atom stereocenters. The lowest BCUT2D eigenvalue weighted by atomic mass is 9.49. The van der Waals surface area contributed by atoms with E-state index in [-0.39, 0.29) is 5.41 Å². The van der Waals surface area contributed by atoms with Crippen molar-refractivity contribution in [3.63, 3.8) is 0 Å². The summed E-state index contributed by atoms with van der Waals surface area (Å²) in [7, 11) is 0. The molecular formula is C34H24. The minimum Gasteiger partial charge on any atom is -0.0620 e. The molecule has 0 amide bonds. The van der Waals surface area contributed by atoms with Crippen LogP contribution in [0.5, 0.6) is 0 Å². The van der Waals surface area contributed by atoms with Gasteiger partial charge in [0.05, 0.1) is 5.41 Å². The van der Waals surface area contributed by atoms with Crippen molar-refractivity contribution in [3.05, 3.63) is 143 Å². The largest absolute Gasteiger partial charge is 0.0620 e. The Balaban J connectivity index is 1.43. The van der Waals surface area contributed by atoms with E-state index in [1.165, 1.54) is 33.9 Å². The lowest BCUT2D eigenvalue weighted by Crippen LogP contribution is -2.48. The zero-order valence-electron chi connectivity index (χ0n) is 18.9. The minimum atomic E-state index is -0.0583. The van der Waals surface area contributed by atoms with Gasteiger partial charge in [-0.15, -0.1) is 0 Å². The van der Waals surface area contributed by atoms with Gasteiger partial charge in [0.15, 0.2) is 0 Å². The second-order valence-corrected chi connectivity index (χ2v) is 10.8. The van der Waals surface area contributed by atoms with E-state index < -0.39 is 0 Å². The van der Waals surface area contributed by atoms with Gasteiger partial charge in [0.2, 0.25) is 0 Å². The van der Waals surface area contributed by atoms with Crippen LogP contribution in [-0.4, -0.2) is 0 Å². The Kier molecular flexibility index (Phi) is 3.08. The van der Waals surface area contributed by atoms with Crippen LogP contribution in [0.25, 0.3) is 21.9 Å². The van der Waals surface area contributed by atoms with Gasteiger partial charge >= 0.3 is 0 Å². The van der Waals surface area contributed by atoms with E-state index in [1.54, 1.807) is 27.8 Å². The summed E-state index contributed by atoms with van der Waals surface area (Å²) in [5.74, 6) is 2.57. The van der Waals surface area contributed by atoms with Crippen molar-refractivity contribution in [1.29, 1.82) is 0 Å². The molecule has 5 aromatic carbocycles. The molecule has 5 aromatic rings. The van der Waals surface area contributed by atoms with Crippen molar-refractivity contribution in [2.75, 3.05) is 0 Å². The van der Waals surface area contributed by atoms with Crippen molar-refractivity contribution < 1.29 is 0 Å². The van der Waals surface area contributed by atoms with Crippen LogP contribution in [0.4, 0.5) is 0 Å². The van der Waals surface area contributed by atoms with Crippen molar-refractivity contribution in [2.24, 2.45) is 11.8 Å². The first-order valence-electron chi connectivity index (χ1n) is 12.7. The normalized spacial score (nSPS) is 28.6. The van der Waals surface area contributed by atoms with Gasteiger partial charge in [-0.2, -0.15) is 0 Å². The first-order valence-corrected chi connectivity index (χ1v) is 12.7. The topological polar surface area (TPSA) is 0 Å². The Bertz CT molecular complexity index is 1670. The quantitative estimate of drug-likeness (QED) is 0.234. The molecule has 9 rings (SSSR count). The number of benzene rings is 5. The van der Waals surface area contributed by atoms with E-state index in [1.807, 2.05) is 0 Å². The fraction of sp³-hybridized carbons (Fsp3) is 0.176. The van der Waals surface area contributed by atoms with Gasteiger partial charge in [0, 0.05) is 0 Å². The lowest BCUT2D eigenvalue weighted by Gasteiger charge is -2.53. The van der Waals surface area contributed by atoms with Gasteiger partial charge in [-0.05, 0) is 85.4 Å². The summed E-state index contributed by atoms with van der Waals surface area (Å²) in [6.07, 6.45) is 1.22. The second kappa shape index (κ2) is 5.88. The van der Waals surface area contributed by atoms with Gasteiger partial charge in [-0.1, -0.05) is 109 Å². The molecule has 0 aromatic heterocycles. The maximum absolute atomic E-state index is 2.46. The van der Waals surface area contributed by atoms with Crippen molar-refractivity contribution in [3.8, 4) is 11.1 Å². The lowest BCUT2D eigenvalue weighted by molar-refractivity contribution is 0.0825. The predicted octanol–water partition coefficient (Wildman–Crippen LogP) is 7.84. The molecule has 1 saturated carbocycles. The summed E-state index contributed by atoms with van der Waals surface area (Å²) in [6, 6.07) is 41.9. The minimum absolute atomic E-state index is 0.0583. The molecule has 0 bridgehead atoms. The molecule has 0 heterocycles. The van der Waals surface area contributed by atoms with Crippen LogP contribution in [0.15, 0.2) is 109 Å². The molecule has 0 radical (unpaired) electrons. The average Bonchev–Trinajstić information content (AvgIpc) is 3.45. The Morgan fingerprint density at radius 3 is 2.24 bits per heavy atom. The molecule has 1 fully saturated rings. The van der Waals surface area contributed by atoms with E-state index in [4.69, 9.17) is 0 Å². The maximum atomic E-state index is 2.46. The number of fused-ring (bicyclic) bond motifs is 17. The molecule has 1 spiro atoms. The zero-order valence-corrected chi connectivity index (χ0v) is 18.9. The SMILES string of the molecule is c1ccc2c(c1)C[C@@H]1[C@H]3C(c4ccccc4C34c3ccccc3-c3ccc5ccccc5c34)[C@H]21. The highest BCUT2D eigenvalue weighted by Crippen LogP contribution is 2.77. The Morgan fingerprint density at radius 1 is 0.559 bits per heavy atom. The summed E-state index contributed by atoms with van der Waals surface area (Å²) in [6.45, 7) is 0. The van der Waals surface area contributed by atoms with Crippen LogP contribution in [0.2, 0.25) is 0 Å². The number of rotatable bonds is 0. The molecule has 34 heavy (non-hydrogen) atoms. The van der Waals surface area contributed by atoms with Crippen LogP contribution >= 0.6 is 0 Å². The van der Waals surface area contributed by atoms with Crippen LogP contribution < -0.4 is 0 Å². The van der Waals surface area contributed by atoms with Crippen LogP contribution in [-0.2, 0) is 11.8 Å². The smallest absolute Gasteiger partial charge is 0.0509 e. The summed E-state index contributed by atoms with van der Waals surface area (Å²) in [4.78, 5) is 0. The van der Waals surface area contributed by atoms with Crippen LogP contribution in [0, 0.1) is 11.8 Å². The molecule has 4 aliphatic rings. The zero-order chi connectivity index (χ0) is 22.0. The van der Waals surface area contributed by atoms with Crippen molar-refractivity contribution >= 4 is 10.8 Å². The first kappa shape index (κ1) is 17.8. The number of hydrogen-bond donors (Lipinski definition) is 0. The molecule has 2 unspecified atom stereocenters.